The zero-order chi connectivity index (χ0) is 14.5. The maximum Gasteiger partial charge on any atom is 0.241 e. The van der Waals surface area contributed by atoms with E-state index in [1.54, 1.807) is 32.9 Å². The average Bonchev–Trinajstić information content (AvgIpc) is 2.37. The van der Waals surface area contributed by atoms with Crippen molar-refractivity contribution in [1.82, 2.24) is 4.90 Å². The molecule has 0 unspecified atom stereocenters. The second-order valence-corrected chi connectivity index (χ2v) is 4.95. The first-order chi connectivity index (χ1) is 8.86. The van der Waals surface area contributed by atoms with Gasteiger partial charge in [-0.25, -0.2) is 0 Å². The number of hydrogen-bond acceptors (Lipinski definition) is 4. The molecule has 0 aromatic heterocycles. The van der Waals surface area contributed by atoms with Crippen molar-refractivity contribution in [2.45, 2.75) is 19.4 Å². The number of carbonyl (C=O) groups is 1. The fourth-order valence-corrected chi connectivity index (χ4v) is 1.62. The molecule has 0 aliphatic carbocycles. The van der Waals surface area contributed by atoms with Crippen LogP contribution in [0.5, 0.6) is 11.5 Å². The summed E-state index contributed by atoms with van der Waals surface area (Å²) in [4.78, 5) is 13.4. The molecule has 0 atom stereocenters. The molecule has 5 heteroatoms. The number of nitrogens with two attached hydrogens (primary N) is 1. The summed E-state index contributed by atoms with van der Waals surface area (Å²) in [6.45, 7) is 4.23. The van der Waals surface area contributed by atoms with Gasteiger partial charge in [-0.05, 0) is 26.0 Å². The summed E-state index contributed by atoms with van der Waals surface area (Å²) < 4.78 is 10.8. The number of methoxy groups -OCH3 is 1. The molecule has 0 bridgehead atoms. The summed E-state index contributed by atoms with van der Waals surface area (Å²) in [5.74, 6) is 1.23. The number of likely N-dealkylation sites (N-methyl/N-ethyl adjacent to an activating group) is 1. The normalized spacial score (nSPS) is 11.0. The van der Waals surface area contributed by atoms with Gasteiger partial charge in [-0.3, -0.25) is 4.79 Å². The number of hydrogen-bond donors (Lipinski definition) is 1. The summed E-state index contributed by atoms with van der Waals surface area (Å²) in [5.41, 5.74) is 4.89. The minimum absolute atomic E-state index is 0.115. The highest BCUT2D eigenvalue weighted by molar-refractivity contribution is 5.84. The van der Waals surface area contributed by atoms with Crippen molar-refractivity contribution in [2.24, 2.45) is 5.73 Å². The molecule has 0 aliphatic heterocycles. The lowest BCUT2D eigenvalue weighted by Gasteiger charge is -2.25. The molecule has 1 amide bonds. The molecule has 1 rings (SSSR count). The lowest BCUT2D eigenvalue weighted by Crippen LogP contribution is -2.50. The molecule has 0 heterocycles. The van der Waals surface area contributed by atoms with Gasteiger partial charge >= 0.3 is 0 Å². The summed E-state index contributed by atoms with van der Waals surface area (Å²) in [6, 6.07) is 7.40. The Labute approximate surface area is 114 Å². The van der Waals surface area contributed by atoms with E-state index in [-0.39, 0.29) is 5.91 Å². The summed E-state index contributed by atoms with van der Waals surface area (Å²) in [6.07, 6.45) is 0. The molecule has 0 spiro atoms. The molecule has 1 aromatic carbocycles. The van der Waals surface area contributed by atoms with Crippen molar-refractivity contribution in [1.29, 1.82) is 0 Å². The number of carbonyl (C=O) groups excluding carboxylic acids is 1. The van der Waals surface area contributed by atoms with Crippen LogP contribution in [0.1, 0.15) is 13.8 Å². The fraction of sp³-hybridized carbons (Fsp3) is 0.500. The Hall–Kier alpha value is -1.75. The number of para-hydroxylation sites is 2. The summed E-state index contributed by atoms with van der Waals surface area (Å²) in [7, 11) is 3.30. The first kappa shape index (κ1) is 15.3. The van der Waals surface area contributed by atoms with E-state index in [9.17, 15) is 4.79 Å². The molecule has 106 valence electrons. The van der Waals surface area contributed by atoms with E-state index in [0.717, 1.165) is 0 Å². The Morgan fingerprint density at radius 3 is 2.42 bits per heavy atom. The highest BCUT2D eigenvalue weighted by atomic mass is 16.5. The Bertz CT molecular complexity index is 427. The van der Waals surface area contributed by atoms with Crippen LogP contribution in [0.3, 0.4) is 0 Å². The van der Waals surface area contributed by atoms with Gasteiger partial charge in [0.05, 0.1) is 19.2 Å². The third kappa shape index (κ3) is 4.44. The van der Waals surface area contributed by atoms with Crippen molar-refractivity contribution >= 4 is 5.91 Å². The second-order valence-electron chi connectivity index (χ2n) is 4.95. The number of benzene rings is 1. The molecule has 5 nitrogen and oxygen atoms in total. The molecule has 0 saturated carbocycles. The quantitative estimate of drug-likeness (QED) is 0.842. The monoisotopic (exact) mass is 266 g/mol. The summed E-state index contributed by atoms with van der Waals surface area (Å²) in [5, 5.41) is 0. The van der Waals surface area contributed by atoms with Gasteiger partial charge in [0.1, 0.15) is 6.61 Å². The second kappa shape index (κ2) is 6.43. The highest BCUT2D eigenvalue weighted by Crippen LogP contribution is 2.25. The zero-order valence-corrected chi connectivity index (χ0v) is 12.0. The molecule has 2 N–H and O–H groups in total. The van der Waals surface area contributed by atoms with Crippen LogP contribution in [0, 0.1) is 0 Å². The van der Waals surface area contributed by atoms with E-state index in [0.29, 0.717) is 24.7 Å². The highest BCUT2D eigenvalue weighted by Gasteiger charge is 2.25. The van der Waals surface area contributed by atoms with Gasteiger partial charge in [0.25, 0.3) is 0 Å². The predicted octanol–water partition coefficient (Wildman–Crippen LogP) is 1.27. The third-order valence-corrected chi connectivity index (χ3v) is 2.65. The van der Waals surface area contributed by atoms with E-state index in [1.807, 2.05) is 24.3 Å². The minimum atomic E-state index is -0.862. The van der Waals surface area contributed by atoms with Crippen molar-refractivity contribution in [3.05, 3.63) is 24.3 Å². The SMILES string of the molecule is COc1ccccc1OCCN(C)C(=O)C(C)(C)N. The van der Waals surface area contributed by atoms with E-state index < -0.39 is 5.54 Å². The number of rotatable bonds is 6. The van der Waals surface area contributed by atoms with Crippen LogP contribution in [0.15, 0.2) is 24.3 Å². The molecule has 0 saturated heterocycles. The van der Waals surface area contributed by atoms with E-state index in [1.165, 1.54) is 0 Å². The molecule has 0 fully saturated rings. The van der Waals surface area contributed by atoms with Crippen molar-refractivity contribution < 1.29 is 14.3 Å². The topological polar surface area (TPSA) is 64.8 Å². The molecular weight excluding hydrogens is 244 g/mol. The van der Waals surface area contributed by atoms with Crippen LogP contribution in [-0.4, -0.2) is 43.7 Å². The van der Waals surface area contributed by atoms with Crippen LogP contribution >= 0.6 is 0 Å². The smallest absolute Gasteiger partial charge is 0.241 e. The first-order valence-electron chi connectivity index (χ1n) is 6.16. The third-order valence-electron chi connectivity index (χ3n) is 2.65. The Kier molecular flexibility index (Phi) is 5.18. The van der Waals surface area contributed by atoms with Crippen LogP contribution in [0.25, 0.3) is 0 Å². The zero-order valence-electron chi connectivity index (χ0n) is 12.0. The largest absolute Gasteiger partial charge is 0.493 e. The lowest BCUT2D eigenvalue weighted by molar-refractivity contribution is -0.134. The molecule has 0 aliphatic rings. The van der Waals surface area contributed by atoms with Gasteiger partial charge < -0.3 is 20.1 Å². The van der Waals surface area contributed by atoms with Gasteiger partial charge in [-0.2, -0.15) is 0 Å². The van der Waals surface area contributed by atoms with Crippen LogP contribution < -0.4 is 15.2 Å². The number of nitrogens with zero attached hydrogens (tertiary/aromatic N) is 1. The molecule has 19 heavy (non-hydrogen) atoms. The number of ether oxygens (including phenoxy) is 2. The Balaban J connectivity index is 2.48. The van der Waals surface area contributed by atoms with Gasteiger partial charge in [0.2, 0.25) is 5.91 Å². The van der Waals surface area contributed by atoms with Crippen LogP contribution in [0.2, 0.25) is 0 Å². The maximum absolute atomic E-state index is 11.9. The van der Waals surface area contributed by atoms with Gasteiger partial charge in [0, 0.05) is 7.05 Å². The van der Waals surface area contributed by atoms with Crippen LogP contribution in [0.4, 0.5) is 0 Å². The van der Waals surface area contributed by atoms with E-state index in [2.05, 4.69) is 0 Å². The summed E-state index contributed by atoms with van der Waals surface area (Å²) >= 11 is 0. The van der Waals surface area contributed by atoms with Gasteiger partial charge in [0.15, 0.2) is 11.5 Å². The van der Waals surface area contributed by atoms with E-state index in [4.69, 9.17) is 15.2 Å². The van der Waals surface area contributed by atoms with Gasteiger partial charge in [-0.15, -0.1) is 0 Å². The molecule has 0 radical (unpaired) electrons. The van der Waals surface area contributed by atoms with Crippen LogP contribution in [-0.2, 0) is 4.79 Å². The van der Waals surface area contributed by atoms with Crippen molar-refractivity contribution in [3.63, 3.8) is 0 Å². The maximum atomic E-state index is 11.9. The van der Waals surface area contributed by atoms with Crippen molar-refractivity contribution in [3.8, 4) is 11.5 Å². The lowest BCUT2D eigenvalue weighted by atomic mass is 10.1. The van der Waals surface area contributed by atoms with E-state index >= 15 is 0 Å². The van der Waals surface area contributed by atoms with Gasteiger partial charge in [-0.1, -0.05) is 12.1 Å². The molecule has 1 aromatic rings. The Morgan fingerprint density at radius 1 is 1.32 bits per heavy atom. The minimum Gasteiger partial charge on any atom is -0.493 e. The fourth-order valence-electron chi connectivity index (χ4n) is 1.62. The predicted molar refractivity (Wildman–Crippen MR) is 74.4 cm³/mol. The first-order valence-corrected chi connectivity index (χ1v) is 6.16. The number of amides is 1. The Morgan fingerprint density at radius 2 is 1.89 bits per heavy atom. The standard InChI is InChI=1S/C14H22N2O3/c1-14(2,15)13(17)16(3)9-10-19-12-8-6-5-7-11(12)18-4/h5-8H,9-10,15H2,1-4H3. The molecular formula is C14H22N2O3. The van der Waals surface area contributed by atoms with Crippen molar-refractivity contribution in [2.75, 3.05) is 27.3 Å². The average molecular weight is 266 g/mol.